The lowest BCUT2D eigenvalue weighted by atomic mass is 10.4. The lowest BCUT2D eigenvalue weighted by Gasteiger charge is -2.25. The van der Waals surface area contributed by atoms with Crippen LogP contribution in [0.3, 0.4) is 0 Å². The lowest BCUT2D eigenvalue weighted by molar-refractivity contribution is 0.146. The molecule has 0 aliphatic carbocycles. The Morgan fingerprint density at radius 2 is 1.84 bits per heavy atom. The van der Waals surface area contributed by atoms with Crippen LogP contribution >= 0.6 is 14.3 Å². The monoisotopic (exact) mass is 316 g/mol. The largest absolute Gasteiger partial charge is 0.428 e. The molecule has 0 aliphatic heterocycles. The summed E-state index contributed by atoms with van der Waals surface area (Å²) in [6, 6.07) is 0. The van der Waals surface area contributed by atoms with Gasteiger partial charge in [-0.05, 0) is 13.3 Å². The zero-order valence-electron chi connectivity index (χ0n) is 12.0. The highest BCUT2D eigenvalue weighted by Crippen LogP contribution is 2.82. The van der Waals surface area contributed by atoms with Crippen molar-refractivity contribution in [3.8, 4) is 0 Å². The smallest absolute Gasteiger partial charge is 0.329 e. The molecule has 0 rings (SSSR count). The summed E-state index contributed by atoms with van der Waals surface area (Å²) in [5.74, 6) is 0. The van der Waals surface area contributed by atoms with E-state index in [1.54, 1.807) is 13.8 Å². The normalized spacial score (nSPS) is 17.9. The molecule has 0 radical (unpaired) electrons. The number of hydroxylamine groups is 1. The van der Waals surface area contributed by atoms with Crippen molar-refractivity contribution in [3.05, 3.63) is 0 Å². The summed E-state index contributed by atoms with van der Waals surface area (Å²) in [5.41, 5.74) is 7.74. The molecule has 0 spiro atoms. The topological polar surface area (TPSA) is 99.9 Å². The second-order valence-corrected chi connectivity index (χ2v) is 10.6. The maximum absolute atomic E-state index is 12.7. The molecule has 0 aromatic heterocycles. The molecular weight excluding hydrogens is 290 g/mol. The summed E-state index contributed by atoms with van der Waals surface area (Å²) in [7, 11) is -7.35. The molecule has 116 valence electrons. The second-order valence-electron chi connectivity index (χ2n) is 3.80. The van der Waals surface area contributed by atoms with E-state index < -0.39 is 14.3 Å². The van der Waals surface area contributed by atoms with Crippen molar-refractivity contribution < 1.29 is 22.8 Å². The van der Waals surface area contributed by atoms with Gasteiger partial charge in [0, 0.05) is 19.3 Å². The van der Waals surface area contributed by atoms with Gasteiger partial charge in [0.25, 0.3) is 0 Å². The summed E-state index contributed by atoms with van der Waals surface area (Å²) < 4.78 is 40.7. The molecular formula is C10H26N2O5P2. The average molecular weight is 316 g/mol. The van der Waals surface area contributed by atoms with Crippen molar-refractivity contribution in [2.75, 3.05) is 32.5 Å². The van der Waals surface area contributed by atoms with Crippen molar-refractivity contribution in [2.45, 2.75) is 33.6 Å². The van der Waals surface area contributed by atoms with Gasteiger partial charge in [-0.25, -0.2) is 9.19 Å². The molecule has 0 heterocycles. The van der Waals surface area contributed by atoms with Gasteiger partial charge >= 0.3 is 14.3 Å². The second kappa shape index (κ2) is 10.1. The molecule has 9 heteroatoms. The molecule has 0 amide bonds. The molecule has 0 aromatic carbocycles. The Hall–Kier alpha value is 0.260. The van der Waals surface area contributed by atoms with E-state index in [1.807, 2.05) is 6.92 Å². The minimum absolute atomic E-state index is 0.0918. The number of hydrogen-bond donors (Lipinski definition) is 2. The average Bonchev–Trinajstić information content (AvgIpc) is 2.39. The fourth-order valence-corrected chi connectivity index (χ4v) is 6.39. The predicted octanol–water partition coefficient (Wildman–Crippen LogP) is 2.73. The van der Waals surface area contributed by atoms with Gasteiger partial charge in [0.15, 0.2) is 0 Å². The van der Waals surface area contributed by atoms with E-state index in [0.29, 0.717) is 13.0 Å². The van der Waals surface area contributed by atoms with Gasteiger partial charge in [0.1, 0.15) is 0 Å². The molecule has 7 nitrogen and oxygen atoms in total. The maximum Gasteiger partial charge on any atom is 0.428 e. The zero-order chi connectivity index (χ0) is 14.8. The molecule has 0 aromatic rings. The SMILES string of the molecule is CCCCOP(=O)(ONCCN)P(=O)(CC)OCC. The summed E-state index contributed by atoms with van der Waals surface area (Å²) in [6.07, 6.45) is 1.68. The van der Waals surface area contributed by atoms with E-state index in [-0.39, 0.29) is 25.9 Å². The van der Waals surface area contributed by atoms with Crippen molar-refractivity contribution in [1.29, 1.82) is 0 Å². The van der Waals surface area contributed by atoms with Crippen LogP contribution in [0.4, 0.5) is 0 Å². The first kappa shape index (κ1) is 19.3. The van der Waals surface area contributed by atoms with Gasteiger partial charge in [-0.3, -0.25) is 4.57 Å². The molecule has 2 unspecified atom stereocenters. The van der Waals surface area contributed by atoms with Crippen LogP contribution in [0.15, 0.2) is 0 Å². The molecule has 0 bridgehead atoms. The molecule has 19 heavy (non-hydrogen) atoms. The summed E-state index contributed by atoms with van der Waals surface area (Å²) in [5, 5.41) is 0. The quantitative estimate of drug-likeness (QED) is 0.324. The summed E-state index contributed by atoms with van der Waals surface area (Å²) in [4.78, 5) is 0. The highest BCUT2D eigenvalue weighted by molar-refractivity contribution is 8.29. The number of nitrogens with two attached hydrogens (primary N) is 1. The van der Waals surface area contributed by atoms with Gasteiger partial charge < -0.3 is 14.8 Å². The first-order chi connectivity index (χ1) is 8.99. The van der Waals surface area contributed by atoms with Crippen LogP contribution in [0.5, 0.6) is 0 Å². The Morgan fingerprint density at radius 1 is 1.16 bits per heavy atom. The van der Waals surface area contributed by atoms with Gasteiger partial charge in [-0.2, -0.15) is 5.48 Å². The minimum Gasteiger partial charge on any atom is -0.329 e. The molecule has 2 atom stereocenters. The highest BCUT2D eigenvalue weighted by atomic mass is 32.1. The minimum atomic E-state index is -3.85. The summed E-state index contributed by atoms with van der Waals surface area (Å²) in [6.45, 7) is 6.30. The Labute approximate surface area is 115 Å². The van der Waals surface area contributed by atoms with Crippen LogP contribution in [0.1, 0.15) is 33.6 Å². The van der Waals surface area contributed by atoms with Gasteiger partial charge in [-0.1, -0.05) is 20.3 Å². The van der Waals surface area contributed by atoms with Crippen LogP contribution in [0.2, 0.25) is 0 Å². The molecule has 0 fully saturated rings. The predicted molar refractivity (Wildman–Crippen MR) is 76.4 cm³/mol. The van der Waals surface area contributed by atoms with Gasteiger partial charge in [-0.15, -0.1) is 0 Å². The molecule has 0 saturated heterocycles. The molecule has 0 saturated carbocycles. The summed E-state index contributed by atoms with van der Waals surface area (Å²) >= 11 is 0. The first-order valence-electron chi connectivity index (χ1n) is 6.59. The lowest BCUT2D eigenvalue weighted by Crippen LogP contribution is -2.22. The van der Waals surface area contributed by atoms with E-state index in [1.165, 1.54) is 0 Å². The highest BCUT2D eigenvalue weighted by Gasteiger charge is 2.47. The van der Waals surface area contributed by atoms with E-state index in [9.17, 15) is 9.13 Å². The van der Waals surface area contributed by atoms with Gasteiger partial charge in [0.05, 0.1) is 13.2 Å². The van der Waals surface area contributed by atoms with E-state index in [2.05, 4.69) is 5.48 Å². The number of hydrogen-bond acceptors (Lipinski definition) is 7. The number of nitrogens with one attached hydrogen (secondary N) is 1. The van der Waals surface area contributed by atoms with E-state index in [0.717, 1.165) is 6.42 Å². The molecule has 3 N–H and O–H groups in total. The third kappa shape index (κ3) is 6.05. The third-order valence-electron chi connectivity index (χ3n) is 2.28. The maximum atomic E-state index is 12.7. The zero-order valence-corrected chi connectivity index (χ0v) is 13.8. The van der Waals surface area contributed by atoms with Crippen LogP contribution < -0.4 is 11.2 Å². The van der Waals surface area contributed by atoms with Crippen LogP contribution in [-0.4, -0.2) is 32.5 Å². The fraction of sp³-hybridized carbons (Fsp3) is 1.00. The van der Waals surface area contributed by atoms with Crippen molar-refractivity contribution >= 4 is 14.3 Å². The molecule has 0 aliphatic rings. The first-order valence-corrected chi connectivity index (χ1v) is 10.7. The number of rotatable bonds is 12. The Bertz CT molecular complexity index is 313. The fourth-order valence-electron chi connectivity index (χ4n) is 1.22. The van der Waals surface area contributed by atoms with Crippen molar-refractivity contribution in [1.82, 2.24) is 5.48 Å². The van der Waals surface area contributed by atoms with E-state index in [4.69, 9.17) is 19.4 Å². The van der Waals surface area contributed by atoms with Crippen molar-refractivity contribution in [2.24, 2.45) is 5.73 Å². The third-order valence-corrected chi connectivity index (χ3v) is 9.38. The standard InChI is InChI=1S/C10H26N2O5P2/c1-4-7-10-16-19(14,17-12-9-8-11)18(13,6-3)15-5-2/h12H,4-11H2,1-3H3. The van der Waals surface area contributed by atoms with Crippen LogP contribution in [0, 0.1) is 0 Å². The van der Waals surface area contributed by atoms with Crippen LogP contribution in [0.25, 0.3) is 0 Å². The van der Waals surface area contributed by atoms with Crippen molar-refractivity contribution in [3.63, 3.8) is 0 Å². The Balaban J connectivity index is 4.89. The Kier molecular flexibility index (Phi) is 10.2. The van der Waals surface area contributed by atoms with Crippen LogP contribution in [-0.2, 0) is 22.8 Å². The Morgan fingerprint density at radius 3 is 2.32 bits per heavy atom. The van der Waals surface area contributed by atoms with Gasteiger partial charge in [0.2, 0.25) is 0 Å². The number of unbranched alkanes of at least 4 members (excludes halogenated alkanes) is 1. The van der Waals surface area contributed by atoms with E-state index >= 15 is 0 Å².